The molecule has 0 aromatic carbocycles. The molecule has 3 aromatic heterocycles. The molecule has 1 aliphatic heterocycles. The molecule has 9 heteroatoms. The molecule has 0 saturated carbocycles. The summed E-state index contributed by atoms with van der Waals surface area (Å²) in [6, 6.07) is 3.67. The lowest BCUT2D eigenvalue weighted by Gasteiger charge is -2.21. The number of imidazole rings is 1. The molecule has 0 bridgehead atoms. The van der Waals surface area contributed by atoms with Crippen molar-refractivity contribution in [2.75, 3.05) is 18.4 Å². The number of amides is 1. The Morgan fingerprint density at radius 2 is 2.33 bits per heavy atom. The maximum absolute atomic E-state index is 12.6. The van der Waals surface area contributed by atoms with Gasteiger partial charge in [-0.15, -0.1) is 5.10 Å². The van der Waals surface area contributed by atoms with Gasteiger partial charge >= 0.3 is 0 Å². The molecular weight excluding hydrogens is 308 g/mol. The SMILES string of the molecule is C[C@@H](C(=O)N1CC[C@H](Nc2ccc3nccn3n2)C1)n1cncn1. The highest BCUT2D eigenvalue weighted by molar-refractivity contribution is 5.80. The Balaban J connectivity index is 1.40. The lowest BCUT2D eigenvalue weighted by atomic mass is 10.2. The monoisotopic (exact) mass is 326 g/mol. The fourth-order valence-corrected chi connectivity index (χ4v) is 2.97. The number of fused-ring (bicyclic) bond motifs is 1. The molecule has 0 spiro atoms. The summed E-state index contributed by atoms with van der Waals surface area (Å²) in [5.41, 5.74) is 0.811. The summed E-state index contributed by atoms with van der Waals surface area (Å²) < 4.78 is 3.31. The van der Waals surface area contributed by atoms with Crippen molar-refractivity contribution in [3.63, 3.8) is 0 Å². The summed E-state index contributed by atoms with van der Waals surface area (Å²) in [5.74, 6) is 0.840. The van der Waals surface area contributed by atoms with Crippen LogP contribution in [0.3, 0.4) is 0 Å². The molecule has 3 aromatic rings. The van der Waals surface area contributed by atoms with Gasteiger partial charge in [0.15, 0.2) is 5.65 Å². The minimum Gasteiger partial charge on any atom is -0.364 e. The number of nitrogens with one attached hydrogen (secondary N) is 1. The first-order valence-electron chi connectivity index (χ1n) is 7.90. The second kappa shape index (κ2) is 5.91. The fraction of sp³-hybridized carbons (Fsp3) is 0.400. The molecule has 1 aliphatic rings. The van der Waals surface area contributed by atoms with Crippen molar-refractivity contribution in [3.05, 3.63) is 37.2 Å². The van der Waals surface area contributed by atoms with Gasteiger partial charge < -0.3 is 10.2 Å². The molecule has 1 saturated heterocycles. The van der Waals surface area contributed by atoms with Crippen LogP contribution in [-0.4, -0.2) is 59.3 Å². The van der Waals surface area contributed by atoms with Gasteiger partial charge in [0.2, 0.25) is 5.91 Å². The molecule has 4 heterocycles. The second-order valence-corrected chi connectivity index (χ2v) is 5.91. The van der Waals surface area contributed by atoms with E-state index in [0.717, 1.165) is 24.4 Å². The van der Waals surface area contributed by atoms with Crippen molar-refractivity contribution in [3.8, 4) is 0 Å². The van der Waals surface area contributed by atoms with E-state index < -0.39 is 0 Å². The number of carbonyl (C=O) groups excluding carboxylic acids is 1. The third-order valence-corrected chi connectivity index (χ3v) is 4.30. The maximum atomic E-state index is 12.6. The summed E-state index contributed by atoms with van der Waals surface area (Å²) in [6.45, 7) is 3.22. The van der Waals surface area contributed by atoms with Gasteiger partial charge in [-0.1, -0.05) is 0 Å². The van der Waals surface area contributed by atoms with Crippen molar-refractivity contribution < 1.29 is 4.79 Å². The Hall–Kier alpha value is -2.97. The fourth-order valence-electron chi connectivity index (χ4n) is 2.97. The highest BCUT2D eigenvalue weighted by Gasteiger charge is 2.30. The van der Waals surface area contributed by atoms with Crippen molar-refractivity contribution >= 4 is 17.4 Å². The quantitative estimate of drug-likeness (QED) is 0.754. The second-order valence-electron chi connectivity index (χ2n) is 5.91. The number of carbonyl (C=O) groups is 1. The minimum absolute atomic E-state index is 0.0582. The van der Waals surface area contributed by atoms with Gasteiger partial charge in [-0.25, -0.2) is 19.2 Å². The molecule has 0 unspecified atom stereocenters. The zero-order chi connectivity index (χ0) is 16.5. The van der Waals surface area contributed by atoms with E-state index in [4.69, 9.17) is 0 Å². The van der Waals surface area contributed by atoms with Gasteiger partial charge in [0, 0.05) is 31.5 Å². The first-order chi connectivity index (χ1) is 11.7. The summed E-state index contributed by atoms with van der Waals surface area (Å²) in [7, 11) is 0. The van der Waals surface area contributed by atoms with Crippen molar-refractivity contribution in [1.82, 2.24) is 34.3 Å². The molecule has 2 atom stereocenters. The molecule has 4 rings (SSSR count). The first kappa shape index (κ1) is 14.6. The molecule has 1 fully saturated rings. The van der Waals surface area contributed by atoms with E-state index in [1.807, 2.05) is 30.2 Å². The Morgan fingerprint density at radius 1 is 1.42 bits per heavy atom. The third-order valence-electron chi connectivity index (χ3n) is 4.30. The summed E-state index contributed by atoms with van der Waals surface area (Å²) in [4.78, 5) is 22.5. The molecule has 1 N–H and O–H groups in total. The normalized spacial score (nSPS) is 18.9. The van der Waals surface area contributed by atoms with Crippen molar-refractivity contribution in [2.24, 2.45) is 0 Å². The van der Waals surface area contributed by atoms with Gasteiger partial charge in [-0.3, -0.25) is 4.79 Å². The minimum atomic E-state index is -0.341. The van der Waals surface area contributed by atoms with Crippen LogP contribution in [0.4, 0.5) is 5.82 Å². The van der Waals surface area contributed by atoms with Crippen LogP contribution in [-0.2, 0) is 4.79 Å². The van der Waals surface area contributed by atoms with E-state index in [-0.39, 0.29) is 18.0 Å². The van der Waals surface area contributed by atoms with Gasteiger partial charge in [-0.05, 0) is 25.5 Å². The van der Waals surface area contributed by atoms with Crippen LogP contribution in [0.2, 0.25) is 0 Å². The highest BCUT2D eigenvalue weighted by atomic mass is 16.2. The predicted molar refractivity (Wildman–Crippen MR) is 86.3 cm³/mol. The Kier molecular flexibility index (Phi) is 3.60. The standard InChI is InChI=1S/C15H18N8O/c1-11(23-10-16-9-18-23)15(24)21-6-4-12(8-21)19-13-2-3-14-17-5-7-22(14)20-13/h2-3,5,7,9-12H,4,6,8H2,1H3,(H,19,20)/t11-,12-/m0/s1. The molecular formula is C15H18N8O. The van der Waals surface area contributed by atoms with Crippen LogP contribution in [0.1, 0.15) is 19.4 Å². The molecule has 9 nitrogen and oxygen atoms in total. The van der Waals surface area contributed by atoms with E-state index in [1.54, 1.807) is 21.7 Å². The highest BCUT2D eigenvalue weighted by Crippen LogP contribution is 2.18. The van der Waals surface area contributed by atoms with Crippen LogP contribution in [0.5, 0.6) is 0 Å². The zero-order valence-electron chi connectivity index (χ0n) is 13.3. The van der Waals surface area contributed by atoms with Crippen LogP contribution >= 0.6 is 0 Å². The van der Waals surface area contributed by atoms with Crippen LogP contribution in [0, 0.1) is 0 Å². The van der Waals surface area contributed by atoms with Crippen LogP contribution < -0.4 is 5.32 Å². The van der Waals surface area contributed by atoms with E-state index in [0.29, 0.717) is 6.54 Å². The summed E-state index contributed by atoms with van der Waals surface area (Å²) in [5, 5.41) is 11.9. The van der Waals surface area contributed by atoms with Gasteiger partial charge in [0.1, 0.15) is 24.5 Å². The molecule has 124 valence electrons. The molecule has 24 heavy (non-hydrogen) atoms. The topological polar surface area (TPSA) is 93.2 Å². The lowest BCUT2D eigenvalue weighted by molar-refractivity contribution is -0.133. The Labute approximate surface area is 138 Å². The number of aromatic nitrogens is 6. The van der Waals surface area contributed by atoms with Gasteiger partial charge in [0.05, 0.1) is 0 Å². The first-order valence-corrected chi connectivity index (χ1v) is 7.90. The predicted octanol–water partition coefficient (Wildman–Crippen LogP) is 0.595. The maximum Gasteiger partial charge on any atom is 0.247 e. The number of nitrogens with zero attached hydrogens (tertiary/aromatic N) is 7. The zero-order valence-corrected chi connectivity index (χ0v) is 13.3. The molecule has 0 aliphatic carbocycles. The Bertz CT molecular complexity index is 842. The average molecular weight is 326 g/mol. The van der Waals surface area contributed by atoms with Crippen molar-refractivity contribution in [1.29, 1.82) is 0 Å². The van der Waals surface area contributed by atoms with E-state index in [2.05, 4.69) is 25.5 Å². The largest absolute Gasteiger partial charge is 0.364 e. The number of anilines is 1. The van der Waals surface area contributed by atoms with Gasteiger partial charge in [-0.2, -0.15) is 5.10 Å². The number of hydrogen-bond acceptors (Lipinski definition) is 6. The van der Waals surface area contributed by atoms with Crippen molar-refractivity contribution in [2.45, 2.75) is 25.4 Å². The number of rotatable bonds is 4. The number of hydrogen-bond donors (Lipinski definition) is 1. The lowest BCUT2D eigenvalue weighted by Crippen LogP contribution is -2.36. The smallest absolute Gasteiger partial charge is 0.247 e. The average Bonchev–Trinajstić information content (AvgIpc) is 3.34. The summed E-state index contributed by atoms with van der Waals surface area (Å²) in [6.07, 6.45) is 7.42. The summed E-state index contributed by atoms with van der Waals surface area (Å²) >= 11 is 0. The molecule has 1 amide bonds. The van der Waals surface area contributed by atoms with Crippen LogP contribution in [0.15, 0.2) is 37.2 Å². The van der Waals surface area contributed by atoms with E-state index in [1.165, 1.54) is 6.33 Å². The molecule has 0 radical (unpaired) electrons. The van der Waals surface area contributed by atoms with Crippen LogP contribution in [0.25, 0.3) is 5.65 Å². The third kappa shape index (κ3) is 2.68. The van der Waals surface area contributed by atoms with E-state index in [9.17, 15) is 4.79 Å². The Morgan fingerprint density at radius 3 is 3.17 bits per heavy atom. The van der Waals surface area contributed by atoms with E-state index >= 15 is 0 Å². The van der Waals surface area contributed by atoms with Gasteiger partial charge in [0.25, 0.3) is 0 Å². The number of likely N-dealkylation sites (tertiary alicyclic amines) is 1.